The number of hydrogen-bond acceptors (Lipinski definition) is 1. The fourth-order valence-electron chi connectivity index (χ4n) is 0.621. The van der Waals surface area contributed by atoms with Gasteiger partial charge < -0.3 is 5.11 Å². The molecule has 1 rings (SSSR count). The van der Waals surface area contributed by atoms with Crippen LogP contribution in [-0.4, -0.2) is 9.96 Å². The van der Waals surface area contributed by atoms with Crippen LogP contribution in [0.1, 0.15) is 0 Å². The van der Waals surface area contributed by atoms with Crippen molar-refractivity contribution >= 4 is 41.0 Å². The van der Waals surface area contributed by atoms with Crippen LogP contribution in [-0.2, 0) is 0 Å². The smallest absolute Gasteiger partial charge is 0.234 e. The van der Waals surface area contributed by atoms with E-state index in [1.807, 2.05) is 12.1 Å². The maximum Gasteiger partial charge on any atom is 0.234 e. The summed E-state index contributed by atoms with van der Waals surface area (Å²) in [4.78, 5) is 2.09. The van der Waals surface area contributed by atoms with Gasteiger partial charge in [-0.15, -0.1) is 8.46 Å². The van der Waals surface area contributed by atoms with E-state index in [0.29, 0.717) is 5.75 Å². The Labute approximate surface area is 76.1 Å². The Morgan fingerprint density at radius 3 is 2.40 bits per heavy atom. The highest BCUT2D eigenvalue weighted by molar-refractivity contribution is 14.1. The first-order valence-electron chi connectivity index (χ1n) is 2.80. The molecule has 1 aromatic rings. The van der Waals surface area contributed by atoms with E-state index in [1.54, 1.807) is 12.1 Å². The van der Waals surface area contributed by atoms with Gasteiger partial charge in [0, 0.05) is 0 Å². The van der Waals surface area contributed by atoms with Crippen LogP contribution in [0.2, 0.25) is 0 Å². The summed E-state index contributed by atoms with van der Waals surface area (Å²) in [6, 6.07) is 7.29. The van der Waals surface area contributed by atoms with Crippen molar-refractivity contribution in [2.75, 3.05) is 0 Å². The second kappa shape index (κ2) is 4.19. The van der Waals surface area contributed by atoms with E-state index in [0.717, 1.165) is 8.46 Å². The van der Waals surface area contributed by atoms with Crippen molar-refractivity contribution in [2.24, 2.45) is 0 Å². The average molecular weight is 263 g/mol. The first kappa shape index (κ1) is 8.34. The van der Waals surface area contributed by atoms with Gasteiger partial charge in [-0.2, -0.15) is 22.4 Å². The molecule has 0 saturated heterocycles. The van der Waals surface area contributed by atoms with Crippen molar-refractivity contribution in [1.82, 2.24) is 0 Å². The molecule has 1 atom stereocenters. The minimum atomic E-state index is 0.335. The molecule has 0 aromatic heterocycles. The second-order valence-electron chi connectivity index (χ2n) is 1.80. The lowest BCUT2D eigenvalue weighted by Crippen LogP contribution is -1.91. The van der Waals surface area contributed by atoms with Crippen LogP contribution in [0, 0.1) is 0 Å². The molecule has 0 aliphatic rings. The van der Waals surface area contributed by atoms with Crippen LogP contribution >= 0.6 is 30.8 Å². The van der Waals surface area contributed by atoms with Crippen LogP contribution in [0.25, 0.3) is 0 Å². The molecule has 10 heavy (non-hydrogen) atoms. The van der Waals surface area contributed by atoms with Gasteiger partial charge in [-0.05, 0) is 17.4 Å². The third-order valence-electron chi connectivity index (χ3n) is 1.09. The van der Waals surface area contributed by atoms with E-state index in [-0.39, 0.29) is 0 Å². The van der Waals surface area contributed by atoms with Gasteiger partial charge in [0.05, 0.1) is 0 Å². The molecule has 0 aliphatic heterocycles. The maximum absolute atomic E-state index is 8.92. The average Bonchev–Trinajstić information content (AvgIpc) is 1.95. The lowest BCUT2D eigenvalue weighted by molar-refractivity contribution is 0.475. The summed E-state index contributed by atoms with van der Waals surface area (Å²) < 4.78 is 0. The highest BCUT2D eigenvalue weighted by Gasteiger charge is 1.90. The number of halogens is 1. The van der Waals surface area contributed by atoms with Crippen LogP contribution in [0.4, 0.5) is 0 Å². The zero-order valence-corrected chi connectivity index (χ0v) is 8.37. The predicted octanol–water partition coefficient (Wildman–Crippen LogP) is 1.67. The number of aromatic hydroxyl groups is 1. The van der Waals surface area contributed by atoms with E-state index in [4.69, 9.17) is 5.11 Å². The Balaban J connectivity index is 2.69. The van der Waals surface area contributed by atoms with E-state index >= 15 is 0 Å². The molecule has 1 nitrogen and oxygen atoms in total. The van der Waals surface area contributed by atoms with Crippen LogP contribution in [0.15, 0.2) is 24.3 Å². The molecule has 0 fully saturated rings. The molecular formula is C6H6BIOP. The van der Waals surface area contributed by atoms with E-state index < -0.39 is 0 Å². The summed E-state index contributed by atoms with van der Waals surface area (Å²) in [7, 11) is 0.734. The molecular weight excluding hydrogens is 257 g/mol. The molecule has 0 heterocycles. The predicted molar refractivity (Wildman–Crippen MR) is 55.8 cm³/mol. The monoisotopic (exact) mass is 263 g/mol. The quantitative estimate of drug-likeness (QED) is 0.488. The second-order valence-corrected chi connectivity index (χ2v) is 4.75. The van der Waals surface area contributed by atoms with Gasteiger partial charge in [0.15, 0.2) is 0 Å². The van der Waals surface area contributed by atoms with Gasteiger partial charge in [-0.25, -0.2) is 0 Å². The molecule has 1 radical (unpaired) electrons. The van der Waals surface area contributed by atoms with Crippen molar-refractivity contribution in [2.45, 2.75) is 0 Å². The largest absolute Gasteiger partial charge is 0.508 e. The highest BCUT2D eigenvalue weighted by atomic mass is 127. The van der Waals surface area contributed by atoms with E-state index in [1.165, 1.54) is 5.30 Å². The van der Waals surface area contributed by atoms with E-state index in [2.05, 4.69) is 27.2 Å². The van der Waals surface area contributed by atoms with Crippen LogP contribution in [0.3, 0.4) is 0 Å². The third-order valence-corrected chi connectivity index (χ3v) is 2.80. The minimum Gasteiger partial charge on any atom is -0.508 e. The van der Waals surface area contributed by atoms with Crippen LogP contribution < -0.4 is 5.30 Å². The molecule has 1 unspecified atom stereocenters. The number of phenols is 1. The van der Waals surface area contributed by atoms with Crippen molar-refractivity contribution in [3.63, 3.8) is 0 Å². The Morgan fingerprint density at radius 2 is 1.90 bits per heavy atom. The fraction of sp³-hybridized carbons (Fsp3) is 0. The van der Waals surface area contributed by atoms with Crippen molar-refractivity contribution in [3.05, 3.63) is 24.3 Å². The van der Waals surface area contributed by atoms with Crippen molar-refractivity contribution < 1.29 is 5.11 Å². The Hall–Kier alpha value is 0.245. The van der Waals surface area contributed by atoms with Crippen LogP contribution in [0.5, 0.6) is 5.75 Å². The molecule has 1 N–H and O–H groups in total. The Morgan fingerprint density at radius 1 is 1.30 bits per heavy atom. The summed E-state index contributed by atoms with van der Waals surface area (Å²) in [6.07, 6.45) is 0. The highest BCUT2D eigenvalue weighted by Crippen LogP contribution is 2.13. The molecule has 0 saturated carbocycles. The standard InChI is InChI=1S/C6H6BIOP/c8-7-10-6-3-1-5(9)2-4-6/h1-4,9-10H. The summed E-state index contributed by atoms with van der Waals surface area (Å²) in [6.45, 7) is 0. The first-order chi connectivity index (χ1) is 4.83. The molecule has 0 amide bonds. The zero-order chi connectivity index (χ0) is 7.40. The first-order valence-corrected chi connectivity index (χ1v) is 5.12. The number of benzene rings is 1. The zero-order valence-electron chi connectivity index (χ0n) is 5.21. The number of phenolic OH excluding ortho intramolecular Hbond substituents is 1. The molecule has 0 bridgehead atoms. The minimum absolute atomic E-state index is 0.335. The topological polar surface area (TPSA) is 20.2 Å². The summed E-state index contributed by atoms with van der Waals surface area (Å²) >= 11 is 2.22. The van der Waals surface area contributed by atoms with Crippen molar-refractivity contribution in [3.8, 4) is 5.75 Å². The SMILES string of the molecule is Oc1ccc(P[B]I)cc1. The number of rotatable bonds is 2. The summed E-state index contributed by atoms with van der Waals surface area (Å²) in [5, 5.41) is 10.2. The molecule has 4 heteroatoms. The Bertz CT molecular complexity index is 201. The van der Waals surface area contributed by atoms with Gasteiger partial charge >= 0.3 is 0 Å². The van der Waals surface area contributed by atoms with Gasteiger partial charge in [0.1, 0.15) is 5.75 Å². The normalized spacial score (nSPS) is 10.5. The lowest BCUT2D eigenvalue weighted by Gasteiger charge is -1.95. The van der Waals surface area contributed by atoms with Gasteiger partial charge in [0.2, 0.25) is 4.86 Å². The third kappa shape index (κ3) is 2.47. The fourth-order valence-corrected chi connectivity index (χ4v) is 2.18. The summed E-state index contributed by atoms with van der Waals surface area (Å²) in [5.41, 5.74) is 0. The van der Waals surface area contributed by atoms with Crippen molar-refractivity contribution in [1.29, 1.82) is 0 Å². The molecule has 1 aromatic carbocycles. The van der Waals surface area contributed by atoms with Gasteiger partial charge in [0.25, 0.3) is 0 Å². The van der Waals surface area contributed by atoms with Gasteiger partial charge in [-0.3, -0.25) is 0 Å². The Kier molecular flexibility index (Phi) is 3.50. The maximum atomic E-state index is 8.92. The molecule has 0 aliphatic carbocycles. The molecule has 51 valence electrons. The van der Waals surface area contributed by atoms with Gasteiger partial charge in [-0.1, -0.05) is 12.1 Å². The molecule has 0 spiro atoms. The summed E-state index contributed by atoms with van der Waals surface area (Å²) in [5.74, 6) is 0.335. The lowest BCUT2D eigenvalue weighted by atomic mass is 10.3. The van der Waals surface area contributed by atoms with E-state index in [9.17, 15) is 0 Å². The number of hydrogen-bond donors (Lipinski definition) is 1.